The molecule has 0 bridgehead atoms. The van der Waals surface area contributed by atoms with E-state index in [4.69, 9.17) is 9.47 Å². The highest BCUT2D eigenvalue weighted by Gasteiger charge is 2.13. The van der Waals surface area contributed by atoms with Crippen LogP contribution in [0.3, 0.4) is 0 Å². The van der Waals surface area contributed by atoms with Crippen LogP contribution in [0.1, 0.15) is 19.4 Å². The minimum Gasteiger partial charge on any atom is -0.458 e. The number of ether oxygens (including phenoxy) is 2. The lowest BCUT2D eigenvalue weighted by atomic mass is 10.1. The Morgan fingerprint density at radius 1 is 0.765 bits per heavy atom. The number of benzene rings is 3. The van der Waals surface area contributed by atoms with Gasteiger partial charge in [-0.2, -0.15) is 0 Å². The average Bonchev–Trinajstić information content (AvgIpc) is 2.84. The lowest BCUT2D eigenvalue weighted by Crippen LogP contribution is -2.11. The Balaban J connectivity index is 1.80. The van der Waals surface area contributed by atoms with Crippen LogP contribution in [0.2, 0.25) is 0 Å². The Labute approximate surface area is 200 Å². The highest BCUT2D eigenvalue weighted by atomic mass is 16.5. The van der Waals surface area contributed by atoms with Gasteiger partial charge in [-0.25, -0.2) is 9.59 Å². The third kappa shape index (κ3) is 6.56. The van der Waals surface area contributed by atoms with Gasteiger partial charge in [0.1, 0.15) is 12.4 Å². The third-order valence-electron chi connectivity index (χ3n) is 4.79. The van der Waals surface area contributed by atoms with Gasteiger partial charge in [-0.1, -0.05) is 49.6 Å². The maximum absolute atomic E-state index is 11.8. The molecule has 0 heterocycles. The zero-order valence-corrected chi connectivity index (χ0v) is 19.4. The zero-order valence-electron chi connectivity index (χ0n) is 19.4. The second-order valence-corrected chi connectivity index (χ2v) is 7.71. The molecule has 0 atom stereocenters. The fourth-order valence-electron chi connectivity index (χ4n) is 3.05. The summed E-state index contributed by atoms with van der Waals surface area (Å²) in [5.74, 6) is -0.401. The molecule has 0 N–H and O–H groups in total. The van der Waals surface area contributed by atoms with E-state index in [-0.39, 0.29) is 6.61 Å². The number of hydrogen-bond acceptors (Lipinski definition) is 5. The lowest BCUT2D eigenvalue weighted by molar-refractivity contribution is -0.137. The fraction of sp³-hybridized carbons (Fsp3) is 0.103. The quantitative estimate of drug-likeness (QED) is 0.203. The summed E-state index contributed by atoms with van der Waals surface area (Å²) < 4.78 is 10.4. The Kier molecular flexibility index (Phi) is 8.19. The van der Waals surface area contributed by atoms with E-state index in [9.17, 15) is 9.59 Å². The number of rotatable bonds is 9. The molecule has 0 aliphatic rings. The number of anilines is 3. The average molecular weight is 454 g/mol. The molecule has 0 aliphatic heterocycles. The molecule has 0 saturated heterocycles. The van der Waals surface area contributed by atoms with Crippen molar-refractivity contribution in [3.63, 3.8) is 0 Å². The van der Waals surface area contributed by atoms with Crippen molar-refractivity contribution in [1.29, 1.82) is 0 Å². The van der Waals surface area contributed by atoms with E-state index in [0.717, 1.165) is 22.6 Å². The van der Waals surface area contributed by atoms with Gasteiger partial charge in [-0.15, -0.1) is 0 Å². The molecule has 0 fully saturated rings. The van der Waals surface area contributed by atoms with E-state index >= 15 is 0 Å². The van der Waals surface area contributed by atoms with Gasteiger partial charge in [0, 0.05) is 28.2 Å². The van der Waals surface area contributed by atoms with Crippen molar-refractivity contribution in [2.24, 2.45) is 0 Å². The highest BCUT2D eigenvalue weighted by molar-refractivity contribution is 5.89. The van der Waals surface area contributed by atoms with Crippen LogP contribution < -0.4 is 9.64 Å². The largest absolute Gasteiger partial charge is 0.458 e. The monoisotopic (exact) mass is 453 g/mol. The van der Waals surface area contributed by atoms with E-state index < -0.39 is 11.9 Å². The zero-order chi connectivity index (χ0) is 24.5. The van der Waals surface area contributed by atoms with Gasteiger partial charge < -0.3 is 14.4 Å². The number of nitrogens with zero attached hydrogens (tertiary/aromatic N) is 1. The molecule has 0 aliphatic carbocycles. The van der Waals surface area contributed by atoms with Gasteiger partial charge in [0.05, 0.1) is 0 Å². The van der Waals surface area contributed by atoms with Gasteiger partial charge in [-0.05, 0) is 74.0 Å². The van der Waals surface area contributed by atoms with Crippen molar-refractivity contribution < 1.29 is 19.1 Å². The van der Waals surface area contributed by atoms with Gasteiger partial charge in [0.2, 0.25) is 0 Å². The molecule has 0 radical (unpaired) electrons. The molecule has 3 aromatic rings. The molecule has 5 heteroatoms. The molecule has 3 aromatic carbocycles. The summed E-state index contributed by atoms with van der Waals surface area (Å²) in [4.78, 5) is 25.4. The van der Waals surface area contributed by atoms with Crippen molar-refractivity contribution >= 4 is 35.1 Å². The minimum atomic E-state index is -0.453. The summed E-state index contributed by atoms with van der Waals surface area (Å²) in [5.41, 5.74) is 4.56. The van der Waals surface area contributed by atoms with Crippen LogP contribution in [-0.4, -0.2) is 18.5 Å². The summed E-state index contributed by atoms with van der Waals surface area (Å²) in [7, 11) is 0. The summed E-state index contributed by atoms with van der Waals surface area (Å²) >= 11 is 0. The van der Waals surface area contributed by atoms with E-state index in [1.165, 1.54) is 0 Å². The molecule has 34 heavy (non-hydrogen) atoms. The van der Waals surface area contributed by atoms with Crippen LogP contribution in [0.25, 0.3) is 6.08 Å². The first kappa shape index (κ1) is 24.3. The van der Waals surface area contributed by atoms with E-state index in [2.05, 4.69) is 18.1 Å². The molecular weight excluding hydrogens is 426 g/mol. The Hall–Kier alpha value is -4.38. The van der Waals surface area contributed by atoms with Crippen molar-refractivity contribution in [2.45, 2.75) is 13.8 Å². The standard InChI is InChI=1S/C29H27NO4/c1-21(2)28(31)33-20-8-9-23-12-14-25(15-13-23)30(24-10-6-5-7-11-24)26-16-18-27(19-17-26)34-29(32)22(3)4/h5-19H,1,3,20H2,2,4H3. The Morgan fingerprint density at radius 3 is 1.85 bits per heavy atom. The van der Waals surface area contributed by atoms with Gasteiger partial charge in [0.25, 0.3) is 0 Å². The van der Waals surface area contributed by atoms with Crippen molar-refractivity contribution in [1.82, 2.24) is 0 Å². The SMILES string of the molecule is C=C(C)C(=O)OCC=Cc1ccc(N(c2ccccc2)c2ccc(OC(=O)C(=C)C)cc2)cc1. The van der Waals surface area contributed by atoms with Crippen molar-refractivity contribution in [3.05, 3.63) is 115 Å². The molecule has 172 valence electrons. The molecule has 0 unspecified atom stereocenters. The van der Waals surface area contributed by atoms with Crippen molar-refractivity contribution in [3.8, 4) is 5.75 Å². The molecule has 0 aromatic heterocycles. The summed E-state index contributed by atoms with van der Waals surface area (Å²) in [6.45, 7) is 10.6. The summed E-state index contributed by atoms with van der Waals surface area (Å²) in [6, 6.07) is 25.3. The first-order chi connectivity index (χ1) is 16.3. The number of hydrogen-bond donors (Lipinski definition) is 0. The fourth-order valence-corrected chi connectivity index (χ4v) is 3.05. The van der Waals surface area contributed by atoms with Crippen LogP contribution in [0.15, 0.2) is 109 Å². The molecule has 0 amide bonds. The number of carbonyl (C=O) groups excluding carboxylic acids is 2. The van der Waals surface area contributed by atoms with E-state index in [0.29, 0.717) is 16.9 Å². The van der Waals surface area contributed by atoms with E-state index in [1.54, 1.807) is 32.1 Å². The predicted molar refractivity (Wildman–Crippen MR) is 136 cm³/mol. The Bertz CT molecular complexity index is 1190. The van der Waals surface area contributed by atoms with Gasteiger partial charge in [-0.3, -0.25) is 0 Å². The maximum Gasteiger partial charge on any atom is 0.338 e. The molecule has 3 rings (SSSR count). The van der Waals surface area contributed by atoms with Crippen LogP contribution in [-0.2, 0) is 14.3 Å². The third-order valence-corrected chi connectivity index (χ3v) is 4.79. The highest BCUT2D eigenvalue weighted by Crippen LogP contribution is 2.35. The van der Waals surface area contributed by atoms with Crippen LogP contribution in [0, 0.1) is 0 Å². The normalized spacial score (nSPS) is 10.5. The van der Waals surface area contributed by atoms with Crippen LogP contribution >= 0.6 is 0 Å². The second kappa shape index (κ2) is 11.5. The van der Waals surface area contributed by atoms with Gasteiger partial charge >= 0.3 is 11.9 Å². The van der Waals surface area contributed by atoms with Crippen LogP contribution in [0.4, 0.5) is 17.1 Å². The van der Waals surface area contributed by atoms with E-state index in [1.807, 2.05) is 72.8 Å². The number of carbonyl (C=O) groups is 2. The molecule has 0 spiro atoms. The first-order valence-electron chi connectivity index (χ1n) is 10.8. The molecular formula is C29H27NO4. The lowest BCUT2D eigenvalue weighted by Gasteiger charge is -2.25. The molecule has 0 saturated carbocycles. The number of para-hydroxylation sites is 1. The first-order valence-corrected chi connectivity index (χ1v) is 10.8. The minimum absolute atomic E-state index is 0.186. The smallest absolute Gasteiger partial charge is 0.338 e. The van der Waals surface area contributed by atoms with Crippen LogP contribution in [0.5, 0.6) is 5.75 Å². The Morgan fingerprint density at radius 2 is 1.29 bits per heavy atom. The second-order valence-electron chi connectivity index (χ2n) is 7.71. The van der Waals surface area contributed by atoms with Gasteiger partial charge in [0.15, 0.2) is 0 Å². The number of esters is 2. The summed E-state index contributed by atoms with van der Waals surface area (Å²) in [5, 5.41) is 0. The topological polar surface area (TPSA) is 55.8 Å². The van der Waals surface area contributed by atoms with Crippen molar-refractivity contribution in [2.75, 3.05) is 11.5 Å². The maximum atomic E-state index is 11.8. The molecule has 5 nitrogen and oxygen atoms in total. The predicted octanol–water partition coefficient (Wildman–Crippen LogP) is 6.77. The summed E-state index contributed by atoms with van der Waals surface area (Å²) in [6.07, 6.45) is 3.68.